The van der Waals surface area contributed by atoms with E-state index in [0.717, 1.165) is 22.3 Å². The van der Waals surface area contributed by atoms with Crippen molar-refractivity contribution in [1.82, 2.24) is 15.6 Å². The molecule has 0 unspecified atom stereocenters. The van der Waals surface area contributed by atoms with Crippen molar-refractivity contribution in [2.24, 2.45) is 0 Å². The summed E-state index contributed by atoms with van der Waals surface area (Å²) in [6.07, 6.45) is 2.95. The van der Waals surface area contributed by atoms with Gasteiger partial charge >= 0.3 is 5.97 Å². The number of amides is 3. The van der Waals surface area contributed by atoms with E-state index in [0.29, 0.717) is 39.2 Å². The van der Waals surface area contributed by atoms with Crippen LogP contribution in [0.2, 0.25) is 0 Å². The highest BCUT2D eigenvalue weighted by Crippen LogP contribution is 2.31. The topological polar surface area (TPSA) is 127 Å². The molecule has 2 N–H and O–H groups in total. The highest BCUT2D eigenvalue weighted by Gasteiger charge is 2.19. The molecule has 0 aliphatic carbocycles. The normalized spacial score (nSPS) is 10.9. The number of esters is 1. The van der Waals surface area contributed by atoms with Gasteiger partial charge in [0, 0.05) is 42.5 Å². The second-order valence-electron chi connectivity index (χ2n) is 10.7. The number of nitrogens with one attached hydrogen (secondary N) is 2. The van der Waals surface area contributed by atoms with Crippen molar-refractivity contribution in [3.63, 3.8) is 0 Å². The molecule has 4 rings (SSSR count). The van der Waals surface area contributed by atoms with Gasteiger partial charge in [-0.3, -0.25) is 14.4 Å². The molecule has 0 saturated heterocycles. The molecule has 1 aromatic heterocycles. The Morgan fingerprint density at radius 3 is 2.41 bits per heavy atom. The zero-order valence-electron chi connectivity index (χ0n) is 26.9. The molecule has 10 nitrogen and oxygen atoms in total. The number of fused-ring (bicyclic) bond motifs is 1. The molecule has 0 aliphatic heterocycles. The van der Waals surface area contributed by atoms with Crippen molar-refractivity contribution in [2.45, 2.75) is 34.3 Å². The van der Waals surface area contributed by atoms with E-state index < -0.39 is 11.9 Å². The number of nitrogens with zero attached hydrogens (tertiary/aromatic N) is 2. The minimum Gasteiger partial charge on any atom is -0.487 e. The fraction of sp³-hybridized carbons (Fsp3) is 0.250. The van der Waals surface area contributed by atoms with Gasteiger partial charge in [-0.2, -0.15) is 0 Å². The predicted octanol–water partition coefficient (Wildman–Crippen LogP) is 5.07. The third-order valence-electron chi connectivity index (χ3n) is 7.58. The molecule has 0 spiro atoms. The van der Waals surface area contributed by atoms with E-state index in [-0.39, 0.29) is 31.6 Å². The van der Waals surface area contributed by atoms with Crippen LogP contribution in [0.1, 0.15) is 55.6 Å². The van der Waals surface area contributed by atoms with Crippen LogP contribution >= 0.6 is 0 Å². The van der Waals surface area contributed by atoms with Crippen LogP contribution in [0.25, 0.3) is 17.0 Å². The average molecular weight is 623 g/mol. The number of anilines is 1. The van der Waals surface area contributed by atoms with Crippen LogP contribution < -0.4 is 20.3 Å². The van der Waals surface area contributed by atoms with Gasteiger partial charge in [0.2, 0.25) is 11.8 Å². The van der Waals surface area contributed by atoms with Gasteiger partial charge in [-0.25, -0.2) is 9.78 Å². The van der Waals surface area contributed by atoms with Crippen LogP contribution in [0.15, 0.2) is 66.7 Å². The summed E-state index contributed by atoms with van der Waals surface area (Å²) in [5, 5.41) is 5.83. The molecule has 0 fully saturated rings. The van der Waals surface area contributed by atoms with Gasteiger partial charge in [0.05, 0.1) is 18.7 Å². The Balaban J connectivity index is 1.44. The minimum atomic E-state index is -0.420. The number of benzene rings is 3. The summed E-state index contributed by atoms with van der Waals surface area (Å²) in [4.78, 5) is 55.9. The van der Waals surface area contributed by atoms with E-state index in [1.54, 1.807) is 57.4 Å². The first kappa shape index (κ1) is 33.4. The molecule has 0 atom stereocenters. The quantitative estimate of drug-likeness (QED) is 0.177. The Bertz CT molecular complexity index is 1810. The first-order valence-corrected chi connectivity index (χ1v) is 14.9. The summed E-state index contributed by atoms with van der Waals surface area (Å²) in [5.74, 6) is -0.795. The molecule has 0 aliphatic rings. The number of aryl methyl sites for hydroxylation is 2. The fourth-order valence-corrected chi connectivity index (χ4v) is 5.00. The molecule has 0 saturated carbocycles. The average Bonchev–Trinajstić information content (AvgIpc) is 3.05. The lowest BCUT2D eigenvalue weighted by molar-refractivity contribution is -0.122. The Morgan fingerprint density at radius 2 is 1.72 bits per heavy atom. The maximum atomic E-state index is 13.1. The van der Waals surface area contributed by atoms with Crippen LogP contribution in [0, 0.1) is 20.8 Å². The van der Waals surface area contributed by atoms with Crippen LogP contribution in [0.4, 0.5) is 5.69 Å². The number of pyridine rings is 1. The Kier molecular flexibility index (Phi) is 10.9. The van der Waals surface area contributed by atoms with Crippen molar-refractivity contribution >= 4 is 46.4 Å². The van der Waals surface area contributed by atoms with Gasteiger partial charge in [-0.1, -0.05) is 30.3 Å². The number of carbonyl (C=O) groups excluding carboxylic acids is 4. The number of ether oxygens (including phenoxy) is 2. The van der Waals surface area contributed by atoms with Crippen molar-refractivity contribution in [3.8, 4) is 5.75 Å². The van der Waals surface area contributed by atoms with Crippen molar-refractivity contribution in [3.05, 3.63) is 106 Å². The summed E-state index contributed by atoms with van der Waals surface area (Å²) >= 11 is 0. The van der Waals surface area contributed by atoms with E-state index in [1.165, 1.54) is 11.0 Å². The molecular weight excluding hydrogens is 584 g/mol. The molecule has 1 heterocycles. The highest BCUT2D eigenvalue weighted by molar-refractivity contribution is 6.05. The van der Waals surface area contributed by atoms with Crippen LogP contribution in [0.5, 0.6) is 5.75 Å². The minimum absolute atomic E-state index is 0.192. The van der Waals surface area contributed by atoms with Gasteiger partial charge in [-0.15, -0.1) is 0 Å². The number of likely N-dealkylation sites (N-methyl/N-ethyl adjacent to an activating group) is 1. The van der Waals surface area contributed by atoms with Crippen molar-refractivity contribution < 1.29 is 28.7 Å². The standard InChI is InChI=1S/C36H38N4O6/c1-7-45-36(44)28-19-23(3)39-34-27(28)9-8-10-31(34)46-21-29-22(2)11-17-30(24(29)4)40(6)33(42)20-38-32(41)18-14-25-12-15-26(16-13-25)35(43)37-5/h8-19H,7,20-21H2,1-6H3,(H,37,43)(H,38,41)/b18-14+. The van der Waals surface area contributed by atoms with Crippen molar-refractivity contribution in [2.75, 3.05) is 32.1 Å². The highest BCUT2D eigenvalue weighted by atomic mass is 16.5. The van der Waals surface area contributed by atoms with Gasteiger partial charge < -0.3 is 25.0 Å². The first-order valence-electron chi connectivity index (χ1n) is 14.9. The SMILES string of the molecule is CCOC(=O)c1cc(C)nc2c(OCc3c(C)ccc(N(C)C(=O)CNC(=O)/C=C/c4ccc(C(=O)NC)cc4)c3C)cccc12. The second kappa shape index (κ2) is 15.0. The van der Waals surface area contributed by atoms with E-state index in [1.807, 2.05) is 51.1 Å². The Hall–Kier alpha value is -5.51. The molecule has 3 amide bonds. The molecule has 3 aromatic carbocycles. The summed E-state index contributed by atoms with van der Waals surface area (Å²) < 4.78 is 11.5. The third-order valence-corrected chi connectivity index (χ3v) is 7.58. The number of hydrogen-bond donors (Lipinski definition) is 2. The Morgan fingerprint density at radius 1 is 0.978 bits per heavy atom. The number of hydrogen-bond acceptors (Lipinski definition) is 7. The number of aromatic nitrogens is 1. The maximum Gasteiger partial charge on any atom is 0.338 e. The van der Waals surface area contributed by atoms with Gasteiger partial charge in [0.25, 0.3) is 5.91 Å². The first-order chi connectivity index (χ1) is 22.0. The fourth-order valence-electron chi connectivity index (χ4n) is 5.00. The lowest BCUT2D eigenvalue weighted by Crippen LogP contribution is -2.38. The van der Waals surface area contributed by atoms with E-state index >= 15 is 0 Å². The van der Waals surface area contributed by atoms with Gasteiger partial charge in [-0.05, 0) is 86.4 Å². The summed E-state index contributed by atoms with van der Waals surface area (Å²) in [5.41, 5.74) is 6.36. The molecule has 238 valence electrons. The van der Waals surface area contributed by atoms with Crippen molar-refractivity contribution in [1.29, 1.82) is 0 Å². The summed E-state index contributed by atoms with van der Waals surface area (Å²) in [6, 6.07) is 17.7. The molecule has 4 aromatic rings. The molecule has 0 bridgehead atoms. The molecule has 0 radical (unpaired) electrons. The Labute approximate surface area is 268 Å². The van der Waals surface area contributed by atoms with Gasteiger partial charge in [0.1, 0.15) is 17.9 Å². The maximum absolute atomic E-state index is 13.1. The third kappa shape index (κ3) is 7.76. The van der Waals surface area contributed by atoms with E-state index in [9.17, 15) is 19.2 Å². The zero-order chi connectivity index (χ0) is 33.4. The van der Waals surface area contributed by atoms with Crippen LogP contribution in [-0.2, 0) is 20.9 Å². The lowest BCUT2D eigenvalue weighted by Gasteiger charge is -2.23. The number of para-hydroxylation sites is 1. The number of carbonyl (C=O) groups is 4. The van der Waals surface area contributed by atoms with Crippen LogP contribution in [0.3, 0.4) is 0 Å². The number of rotatable bonds is 11. The molecular formula is C36H38N4O6. The van der Waals surface area contributed by atoms with E-state index in [4.69, 9.17) is 9.47 Å². The second-order valence-corrected chi connectivity index (χ2v) is 10.7. The molecule has 46 heavy (non-hydrogen) atoms. The smallest absolute Gasteiger partial charge is 0.338 e. The van der Waals surface area contributed by atoms with Crippen LogP contribution in [-0.4, -0.2) is 55.9 Å². The monoisotopic (exact) mass is 622 g/mol. The lowest BCUT2D eigenvalue weighted by atomic mass is 10.0. The molecule has 10 heteroatoms. The van der Waals surface area contributed by atoms with Gasteiger partial charge in [0.15, 0.2) is 0 Å². The predicted molar refractivity (Wildman–Crippen MR) is 178 cm³/mol. The zero-order valence-corrected chi connectivity index (χ0v) is 26.9. The largest absolute Gasteiger partial charge is 0.487 e. The summed E-state index contributed by atoms with van der Waals surface area (Å²) in [7, 11) is 3.22. The van der Waals surface area contributed by atoms with E-state index in [2.05, 4.69) is 15.6 Å². The summed E-state index contributed by atoms with van der Waals surface area (Å²) in [6.45, 7) is 7.76.